The monoisotopic (exact) mass is 435 g/mol. The highest BCUT2D eigenvalue weighted by Crippen LogP contribution is 2.12. The first-order valence-electron chi connectivity index (χ1n) is 13.8. The third kappa shape index (κ3) is 23.9. The maximum atomic E-state index is 6.00. The molecule has 0 spiro atoms. The van der Waals surface area contributed by atoms with E-state index < -0.39 is 0 Å². The summed E-state index contributed by atoms with van der Waals surface area (Å²) in [6, 6.07) is 0.589. The zero-order chi connectivity index (χ0) is 22.8. The molecule has 0 aromatic carbocycles. The van der Waals surface area contributed by atoms with Crippen LogP contribution in [0.4, 0.5) is 0 Å². The Hall–Kier alpha value is -0.600. The molecule has 0 aliphatic carbocycles. The molecule has 31 heavy (non-hydrogen) atoms. The lowest BCUT2D eigenvalue weighted by molar-refractivity contribution is 0.0721. The molecule has 0 saturated heterocycles. The Labute approximate surface area is 196 Å². The fourth-order valence-electron chi connectivity index (χ4n) is 3.89. The van der Waals surface area contributed by atoms with Crippen LogP contribution in [0.15, 0.2) is 24.3 Å². The maximum Gasteiger partial charge on any atom is 0.0621 e. The second-order valence-electron chi connectivity index (χ2n) is 9.48. The quantitative estimate of drug-likeness (QED) is 0.111. The minimum Gasteiger partial charge on any atom is -0.380 e. The van der Waals surface area contributed by atoms with Gasteiger partial charge in [-0.25, -0.2) is 0 Å². The summed E-state index contributed by atoms with van der Waals surface area (Å²) in [5.74, 6) is 0. The van der Waals surface area contributed by atoms with Crippen molar-refractivity contribution in [2.45, 2.75) is 135 Å². The zero-order valence-electron chi connectivity index (χ0n) is 21.9. The molecule has 0 aliphatic heterocycles. The second-order valence-corrected chi connectivity index (χ2v) is 9.48. The Kier molecular flexibility index (Phi) is 25.2. The van der Waals surface area contributed by atoms with Crippen LogP contribution >= 0.6 is 0 Å². The topological polar surface area (TPSA) is 12.5 Å². The molecule has 0 aliphatic rings. The average molecular weight is 436 g/mol. The van der Waals surface area contributed by atoms with Crippen LogP contribution in [-0.4, -0.2) is 38.3 Å². The van der Waals surface area contributed by atoms with Gasteiger partial charge in [0.1, 0.15) is 0 Å². The molecule has 184 valence electrons. The molecule has 2 nitrogen and oxygen atoms in total. The molecule has 0 bridgehead atoms. The molecule has 0 rings (SSSR count). The van der Waals surface area contributed by atoms with Crippen LogP contribution in [0.1, 0.15) is 129 Å². The summed E-state index contributed by atoms with van der Waals surface area (Å²) in [4.78, 5) is 2.35. The molecule has 0 aromatic rings. The first kappa shape index (κ1) is 30.4. The van der Waals surface area contributed by atoms with E-state index in [4.69, 9.17) is 4.74 Å². The SMILES string of the molecule is CCCCC/C=C\C/C=C\CCCCCCCCOCC(CCCCCCC)N(C)C. The maximum absolute atomic E-state index is 6.00. The van der Waals surface area contributed by atoms with E-state index in [1.807, 2.05) is 0 Å². The van der Waals surface area contributed by atoms with Crippen LogP contribution in [0.2, 0.25) is 0 Å². The van der Waals surface area contributed by atoms with E-state index in [1.165, 1.54) is 109 Å². The Morgan fingerprint density at radius 1 is 0.613 bits per heavy atom. The van der Waals surface area contributed by atoms with Crippen molar-refractivity contribution in [3.63, 3.8) is 0 Å². The lowest BCUT2D eigenvalue weighted by Crippen LogP contribution is -2.32. The van der Waals surface area contributed by atoms with Crippen molar-refractivity contribution < 1.29 is 4.74 Å². The Balaban J connectivity index is 3.41. The van der Waals surface area contributed by atoms with Gasteiger partial charge in [0.05, 0.1) is 6.61 Å². The van der Waals surface area contributed by atoms with E-state index >= 15 is 0 Å². The number of unbranched alkanes of at least 4 members (excludes halogenated alkanes) is 13. The van der Waals surface area contributed by atoms with Crippen LogP contribution in [0.5, 0.6) is 0 Å². The summed E-state index contributed by atoms with van der Waals surface area (Å²) in [7, 11) is 4.39. The van der Waals surface area contributed by atoms with Gasteiger partial charge in [-0.15, -0.1) is 0 Å². The number of allylic oxidation sites excluding steroid dienone is 4. The number of hydrogen-bond donors (Lipinski definition) is 0. The first-order chi connectivity index (χ1) is 15.2. The third-order valence-electron chi connectivity index (χ3n) is 6.17. The number of nitrogens with zero attached hydrogens (tertiary/aromatic N) is 1. The summed E-state index contributed by atoms with van der Waals surface area (Å²) >= 11 is 0. The van der Waals surface area contributed by atoms with Gasteiger partial charge in [0, 0.05) is 12.6 Å². The standard InChI is InChI=1S/C29H57NO/c1-5-7-9-11-12-13-14-15-16-17-18-19-20-21-23-25-27-31-28-29(30(3)4)26-24-22-10-8-6-2/h12-13,15-16,29H,5-11,14,17-28H2,1-4H3/b13-12-,16-15-. The van der Waals surface area contributed by atoms with Crippen LogP contribution in [0.25, 0.3) is 0 Å². The molecule has 0 amide bonds. The Bertz CT molecular complexity index is 388. The molecule has 0 radical (unpaired) electrons. The predicted octanol–water partition coefficient (Wildman–Crippen LogP) is 9.11. The highest BCUT2D eigenvalue weighted by Gasteiger charge is 2.10. The van der Waals surface area contributed by atoms with Crippen LogP contribution < -0.4 is 0 Å². The summed E-state index contributed by atoms with van der Waals surface area (Å²) in [6.07, 6.45) is 33.1. The minimum atomic E-state index is 0.589. The minimum absolute atomic E-state index is 0.589. The molecule has 0 N–H and O–H groups in total. The second kappa shape index (κ2) is 25.7. The molecular weight excluding hydrogens is 378 g/mol. The van der Waals surface area contributed by atoms with Gasteiger partial charge in [0.2, 0.25) is 0 Å². The lowest BCUT2D eigenvalue weighted by atomic mass is 10.1. The summed E-state index contributed by atoms with van der Waals surface area (Å²) in [5.41, 5.74) is 0. The van der Waals surface area contributed by atoms with Gasteiger partial charge in [-0.05, 0) is 59.0 Å². The molecule has 1 unspecified atom stereocenters. The van der Waals surface area contributed by atoms with Crippen molar-refractivity contribution in [3.05, 3.63) is 24.3 Å². The summed E-state index contributed by atoms with van der Waals surface area (Å²) in [6.45, 7) is 6.39. The van der Waals surface area contributed by atoms with Crippen molar-refractivity contribution in [3.8, 4) is 0 Å². The first-order valence-corrected chi connectivity index (χ1v) is 13.8. The summed E-state index contributed by atoms with van der Waals surface area (Å²) < 4.78 is 6.00. The van der Waals surface area contributed by atoms with Crippen molar-refractivity contribution in [2.24, 2.45) is 0 Å². The van der Waals surface area contributed by atoms with E-state index in [2.05, 4.69) is 57.1 Å². The van der Waals surface area contributed by atoms with E-state index in [9.17, 15) is 0 Å². The van der Waals surface area contributed by atoms with Gasteiger partial charge < -0.3 is 9.64 Å². The van der Waals surface area contributed by atoms with E-state index in [0.29, 0.717) is 6.04 Å². The molecule has 0 heterocycles. The largest absolute Gasteiger partial charge is 0.380 e. The van der Waals surface area contributed by atoms with Crippen LogP contribution in [-0.2, 0) is 4.74 Å². The normalized spacial score (nSPS) is 13.2. The lowest BCUT2D eigenvalue weighted by Gasteiger charge is -2.24. The van der Waals surface area contributed by atoms with Crippen molar-refractivity contribution in [2.75, 3.05) is 27.3 Å². The Morgan fingerprint density at radius 2 is 1.13 bits per heavy atom. The van der Waals surface area contributed by atoms with E-state index in [-0.39, 0.29) is 0 Å². The third-order valence-corrected chi connectivity index (χ3v) is 6.17. The average Bonchev–Trinajstić information content (AvgIpc) is 2.76. The molecular formula is C29H57NO. The van der Waals surface area contributed by atoms with Gasteiger partial charge in [-0.3, -0.25) is 0 Å². The van der Waals surface area contributed by atoms with Gasteiger partial charge in [0.25, 0.3) is 0 Å². The van der Waals surface area contributed by atoms with Crippen molar-refractivity contribution in [1.29, 1.82) is 0 Å². The number of likely N-dealkylation sites (N-methyl/N-ethyl adjacent to an activating group) is 1. The van der Waals surface area contributed by atoms with Crippen molar-refractivity contribution >= 4 is 0 Å². The zero-order valence-corrected chi connectivity index (χ0v) is 21.9. The Morgan fingerprint density at radius 3 is 1.77 bits per heavy atom. The fraction of sp³-hybridized carbons (Fsp3) is 0.862. The number of ether oxygens (including phenoxy) is 1. The molecule has 0 aromatic heterocycles. The predicted molar refractivity (Wildman–Crippen MR) is 141 cm³/mol. The van der Waals surface area contributed by atoms with Gasteiger partial charge in [-0.2, -0.15) is 0 Å². The van der Waals surface area contributed by atoms with Gasteiger partial charge in [-0.1, -0.05) is 109 Å². The van der Waals surface area contributed by atoms with Crippen molar-refractivity contribution in [1.82, 2.24) is 4.90 Å². The molecule has 0 fully saturated rings. The van der Waals surface area contributed by atoms with E-state index in [0.717, 1.165) is 19.6 Å². The number of hydrogen-bond acceptors (Lipinski definition) is 2. The summed E-state index contributed by atoms with van der Waals surface area (Å²) in [5, 5.41) is 0. The van der Waals surface area contributed by atoms with Crippen LogP contribution in [0.3, 0.4) is 0 Å². The van der Waals surface area contributed by atoms with E-state index in [1.54, 1.807) is 0 Å². The van der Waals surface area contributed by atoms with Gasteiger partial charge in [0.15, 0.2) is 0 Å². The molecule has 2 heteroatoms. The smallest absolute Gasteiger partial charge is 0.0621 e. The number of rotatable bonds is 24. The highest BCUT2D eigenvalue weighted by atomic mass is 16.5. The molecule has 1 atom stereocenters. The highest BCUT2D eigenvalue weighted by molar-refractivity contribution is 4.92. The molecule has 0 saturated carbocycles. The van der Waals surface area contributed by atoms with Crippen LogP contribution in [0, 0.1) is 0 Å². The fourth-order valence-corrected chi connectivity index (χ4v) is 3.89. The van der Waals surface area contributed by atoms with Gasteiger partial charge >= 0.3 is 0 Å².